The Kier molecular flexibility index (Phi) is 4.52. The van der Waals surface area contributed by atoms with Crippen LogP contribution in [-0.4, -0.2) is 27.4 Å². The number of benzene rings is 1. The highest BCUT2D eigenvalue weighted by Crippen LogP contribution is 2.35. The molecule has 0 spiro atoms. The molecule has 1 unspecified atom stereocenters. The van der Waals surface area contributed by atoms with Gasteiger partial charge in [0.25, 0.3) is 0 Å². The highest BCUT2D eigenvalue weighted by atomic mass is 32.2. The number of thioether (sulfide) groups is 2. The normalized spacial score (nSPS) is 19.1. The van der Waals surface area contributed by atoms with Crippen LogP contribution in [0, 0.1) is 0 Å². The molecule has 1 atom stereocenters. The first kappa shape index (κ1) is 13.8. The van der Waals surface area contributed by atoms with Gasteiger partial charge in [0.2, 0.25) is 5.89 Å². The molecule has 2 N–H and O–H groups in total. The number of nitrogens with zero attached hydrogens (tertiary/aromatic N) is 2. The van der Waals surface area contributed by atoms with E-state index in [1.807, 2.05) is 47.8 Å². The van der Waals surface area contributed by atoms with E-state index >= 15 is 0 Å². The molecule has 1 fully saturated rings. The number of nitrogens with two attached hydrogens (primary N) is 1. The van der Waals surface area contributed by atoms with Crippen LogP contribution in [0.3, 0.4) is 0 Å². The second-order valence-electron chi connectivity index (χ2n) is 4.72. The molecule has 0 radical (unpaired) electrons. The van der Waals surface area contributed by atoms with Gasteiger partial charge in [0, 0.05) is 29.4 Å². The molecule has 0 bridgehead atoms. The summed E-state index contributed by atoms with van der Waals surface area (Å²) in [6.45, 7) is 0. The molecule has 0 aliphatic carbocycles. The minimum absolute atomic E-state index is 0.391. The van der Waals surface area contributed by atoms with Gasteiger partial charge in [-0.3, -0.25) is 0 Å². The lowest BCUT2D eigenvalue weighted by atomic mass is 10.1. The van der Waals surface area contributed by atoms with E-state index in [-0.39, 0.29) is 0 Å². The fraction of sp³-hybridized carbons (Fsp3) is 0.429. The zero-order valence-corrected chi connectivity index (χ0v) is 12.8. The summed E-state index contributed by atoms with van der Waals surface area (Å²) in [5, 5.41) is 4.52. The van der Waals surface area contributed by atoms with Crippen molar-refractivity contribution >= 4 is 29.2 Å². The first-order valence-corrected chi connectivity index (χ1v) is 8.88. The van der Waals surface area contributed by atoms with Crippen molar-refractivity contribution in [1.82, 2.24) is 10.1 Å². The molecule has 1 aromatic heterocycles. The molecular formula is C14H17N3OS2. The topological polar surface area (TPSA) is 64.9 Å². The lowest BCUT2D eigenvalue weighted by molar-refractivity contribution is 0.373. The van der Waals surface area contributed by atoms with Crippen LogP contribution in [0.25, 0.3) is 0 Å². The van der Waals surface area contributed by atoms with Crippen molar-refractivity contribution in [2.45, 2.75) is 18.1 Å². The van der Waals surface area contributed by atoms with Crippen LogP contribution in [0.1, 0.15) is 22.5 Å². The van der Waals surface area contributed by atoms with Crippen LogP contribution in [0.4, 0.5) is 5.69 Å². The first-order valence-electron chi connectivity index (χ1n) is 6.67. The molecular weight excluding hydrogens is 290 g/mol. The maximum Gasteiger partial charge on any atom is 0.227 e. The second kappa shape index (κ2) is 6.54. The number of aromatic nitrogens is 2. The van der Waals surface area contributed by atoms with Gasteiger partial charge in [-0.15, -0.1) is 11.8 Å². The van der Waals surface area contributed by atoms with Crippen molar-refractivity contribution < 1.29 is 4.52 Å². The summed E-state index contributed by atoms with van der Waals surface area (Å²) < 4.78 is 5.35. The highest BCUT2D eigenvalue weighted by Gasteiger charge is 2.21. The third kappa shape index (κ3) is 3.49. The summed E-state index contributed by atoms with van der Waals surface area (Å²) in [5.74, 6) is 5.07. The van der Waals surface area contributed by atoms with Gasteiger partial charge in [-0.1, -0.05) is 17.3 Å². The van der Waals surface area contributed by atoms with Crippen molar-refractivity contribution in [3.63, 3.8) is 0 Å². The maximum absolute atomic E-state index is 5.67. The Morgan fingerprint density at radius 1 is 1.20 bits per heavy atom. The first-order chi connectivity index (χ1) is 9.81. The molecule has 1 aromatic carbocycles. The molecule has 6 heteroatoms. The van der Waals surface area contributed by atoms with E-state index in [2.05, 4.69) is 10.1 Å². The molecule has 106 valence electrons. The summed E-state index contributed by atoms with van der Waals surface area (Å²) in [7, 11) is 0. The summed E-state index contributed by atoms with van der Waals surface area (Å²) >= 11 is 3.89. The van der Waals surface area contributed by atoms with Gasteiger partial charge in [-0.05, 0) is 24.1 Å². The van der Waals surface area contributed by atoms with E-state index in [0.717, 1.165) is 36.0 Å². The van der Waals surface area contributed by atoms with Gasteiger partial charge < -0.3 is 10.3 Å². The fourth-order valence-corrected chi connectivity index (χ4v) is 4.66. The van der Waals surface area contributed by atoms with E-state index in [4.69, 9.17) is 10.3 Å². The van der Waals surface area contributed by atoms with Crippen molar-refractivity contribution in [2.24, 2.45) is 0 Å². The Morgan fingerprint density at radius 2 is 2.05 bits per heavy atom. The lowest BCUT2D eigenvalue weighted by Gasteiger charge is -2.16. The Morgan fingerprint density at radius 3 is 2.80 bits per heavy atom. The van der Waals surface area contributed by atoms with Gasteiger partial charge in [0.1, 0.15) is 0 Å². The molecule has 1 aliphatic rings. The highest BCUT2D eigenvalue weighted by molar-refractivity contribution is 8.06. The van der Waals surface area contributed by atoms with Crippen molar-refractivity contribution in [1.29, 1.82) is 0 Å². The maximum atomic E-state index is 5.67. The SMILES string of the molecule is Nc1ccc(CCc2nc(C3CSCCS3)no2)cc1. The van der Waals surface area contributed by atoms with E-state index in [9.17, 15) is 0 Å². The zero-order chi connectivity index (χ0) is 13.8. The molecule has 1 aliphatic heterocycles. The Labute approximate surface area is 126 Å². The largest absolute Gasteiger partial charge is 0.399 e. The zero-order valence-electron chi connectivity index (χ0n) is 11.1. The smallest absolute Gasteiger partial charge is 0.227 e. The van der Waals surface area contributed by atoms with Crippen molar-refractivity contribution in [3.05, 3.63) is 41.5 Å². The second-order valence-corrected chi connectivity index (χ2v) is 7.18. The number of hydrogen-bond acceptors (Lipinski definition) is 6. The molecule has 20 heavy (non-hydrogen) atoms. The van der Waals surface area contributed by atoms with Crippen LogP contribution in [0.15, 0.2) is 28.8 Å². The molecule has 2 aromatic rings. The minimum atomic E-state index is 0.391. The van der Waals surface area contributed by atoms with E-state index in [1.54, 1.807) is 0 Å². The average molecular weight is 307 g/mol. The van der Waals surface area contributed by atoms with Gasteiger partial charge in [-0.25, -0.2) is 0 Å². The third-order valence-electron chi connectivity index (χ3n) is 3.19. The molecule has 3 rings (SSSR count). The predicted molar refractivity (Wildman–Crippen MR) is 85.1 cm³/mol. The van der Waals surface area contributed by atoms with Crippen LogP contribution in [-0.2, 0) is 12.8 Å². The Hall–Kier alpha value is -1.14. The van der Waals surface area contributed by atoms with Crippen molar-refractivity contribution in [2.75, 3.05) is 23.0 Å². The fourth-order valence-electron chi connectivity index (χ4n) is 2.07. The number of nitrogen functional groups attached to an aromatic ring is 1. The standard InChI is InChI=1S/C14H17N3OS2/c15-11-4-1-10(2-5-11)3-6-13-16-14(17-18-13)12-9-19-7-8-20-12/h1-2,4-5,12H,3,6-9,15H2. The average Bonchev–Trinajstić information content (AvgIpc) is 2.97. The van der Waals surface area contributed by atoms with E-state index < -0.39 is 0 Å². The summed E-state index contributed by atoms with van der Waals surface area (Å²) in [6.07, 6.45) is 1.68. The van der Waals surface area contributed by atoms with Crippen LogP contribution in [0.5, 0.6) is 0 Å². The monoisotopic (exact) mass is 307 g/mol. The predicted octanol–water partition coefficient (Wildman–Crippen LogP) is 2.96. The number of hydrogen-bond donors (Lipinski definition) is 1. The van der Waals surface area contributed by atoms with Crippen LogP contribution < -0.4 is 5.73 Å². The number of rotatable bonds is 4. The van der Waals surface area contributed by atoms with Crippen LogP contribution in [0.2, 0.25) is 0 Å². The molecule has 4 nitrogen and oxygen atoms in total. The van der Waals surface area contributed by atoms with E-state index in [1.165, 1.54) is 17.1 Å². The summed E-state index contributed by atoms with van der Waals surface area (Å²) in [5.41, 5.74) is 7.70. The molecule has 0 saturated carbocycles. The number of anilines is 1. The summed E-state index contributed by atoms with van der Waals surface area (Å²) in [4.78, 5) is 4.53. The van der Waals surface area contributed by atoms with Crippen LogP contribution >= 0.6 is 23.5 Å². The van der Waals surface area contributed by atoms with E-state index in [0.29, 0.717) is 5.25 Å². The third-order valence-corrected chi connectivity index (χ3v) is 5.95. The Bertz CT molecular complexity index is 550. The Balaban J connectivity index is 1.58. The van der Waals surface area contributed by atoms with Gasteiger partial charge in [0.05, 0.1) is 5.25 Å². The molecule has 2 heterocycles. The quantitative estimate of drug-likeness (QED) is 0.876. The number of aryl methyl sites for hydroxylation is 2. The van der Waals surface area contributed by atoms with Gasteiger partial charge in [0.15, 0.2) is 5.82 Å². The summed E-state index contributed by atoms with van der Waals surface area (Å²) in [6, 6.07) is 7.93. The van der Waals surface area contributed by atoms with Gasteiger partial charge in [-0.2, -0.15) is 16.7 Å². The molecule has 1 saturated heterocycles. The minimum Gasteiger partial charge on any atom is -0.399 e. The van der Waals surface area contributed by atoms with Gasteiger partial charge >= 0.3 is 0 Å². The molecule has 0 amide bonds. The van der Waals surface area contributed by atoms with Crippen molar-refractivity contribution in [3.8, 4) is 0 Å². The lowest BCUT2D eigenvalue weighted by Crippen LogP contribution is -2.08.